The van der Waals surface area contributed by atoms with Gasteiger partial charge in [0, 0.05) is 24.8 Å². The molecule has 1 heterocycles. The average Bonchev–Trinajstić information content (AvgIpc) is 2.69. The molecule has 0 unspecified atom stereocenters. The Balaban J connectivity index is 2.19. The molecule has 1 aromatic carbocycles. The van der Waals surface area contributed by atoms with Gasteiger partial charge in [-0.1, -0.05) is 13.8 Å². The van der Waals surface area contributed by atoms with E-state index < -0.39 is 10.0 Å². The molecule has 0 saturated heterocycles. The second-order valence-corrected chi connectivity index (χ2v) is 7.31. The molecular weight excluding hydrogens is 276 g/mol. The van der Waals surface area contributed by atoms with Crippen molar-refractivity contribution in [3.63, 3.8) is 0 Å². The highest BCUT2D eigenvalue weighted by atomic mass is 32.2. The fourth-order valence-corrected chi connectivity index (χ4v) is 3.90. The van der Waals surface area contributed by atoms with Gasteiger partial charge in [-0.3, -0.25) is 9.52 Å². The molecule has 1 aliphatic rings. The van der Waals surface area contributed by atoms with E-state index in [0.717, 1.165) is 17.7 Å². The molecule has 6 heteroatoms. The molecule has 2 rings (SSSR count). The molecule has 0 bridgehead atoms. The zero-order valence-corrected chi connectivity index (χ0v) is 12.8. The van der Waals surface area contributed by atoms with Crippen molar-refractivity contribution in [3.8, 4) is 0 Å². The zero-order chi connectivity index (χ0) is 14.9. The van der Waals surface area contributed by atoms with Gasteiger partial charge in [-0.2, -0.15) is 0 Å². The molecule has 0 saturated carbocycles. The number of benzene rings is 1. The molecule has 1 amide bonds. The minimum atomic E-state index is -3.31. The van der Waals surface area contributed by atoms with Crippen LogP contribution in [0.4, 0.5) is 11.4 Å². The number of rotatable bonds is 4. The number of fused-ring (bicyclic) bond motifs is 1. The summed E-state index contributed by atoms with van der Waals surface area (Å²) in [6, 6.07) is 5.32. The summed E-state index contributed by atoms with van der Waals surface area (Å²) in [5, 5.41) is 0. The Bertz CT molecular complexity index is 623. The maximum absolute atomic E-state index is 11.9. The monoisotopic (exact) mass is 296 g/mol. The largest absolute Gasteiger partial charge is 0.312 e. The van der Waals surface area contributed by atoms with E-state index >= 15 is 0 Å². The maximum Gasteiger partial charge on any atom is 0.232 e. The molecule has 1 aromatic rings. The second kappa shape index (κ2) is 5.44. The van der Waals surface area contributed by atoms with Crippen molar-refractivity contribution in [2.75, 3.05) is 21.9 Å². The molecule has 0 aromatic heterocycles. The van der Waals surface area contributed by atoms with Crippen molar-refractivity contribution in [2.45, 2.75) is 27.2 Å². The summed E-state index contributed by atoms with van der Waals surface area (Å²) in [4.78, 5) is 13.2. The first-order chi connectivity index (χ1) is 9.28. The van der Waals surface area contributed by atoms with E-state index in [1.54, 1.807) is 17.0 Å². The Morgan fingerprint density at radius 1 is 1.40 bits per heavy atom. The topological polar surface area (TPSA) is 66.5 Å². The molecule has 0 fully saturated rings. The van der Waals surface area contributed by atoms with E-state index in [2.05, 4.69) is 4.72 Å². The lowest BCUT2D eigenvalue weighted by Gasteiger charge is -2.15. The summed E-state index contributed by atoms with van der Waals surface area (Å²) in [5.74, 6) is 0.191. The minimum absolute atomic E-state index is 0.0110. The summed E-state index contributed by atoms with van der Waals surface area (Å²) in [6.07, 6.45) is 0.759. The number of hydrogen-bond acceptors (Lipinski definition) is 3. The van der Waals surface area contributed by atoms with Gasteiger partial charge in [0.15, 0.2) is 0 Å². The molecule has 0 radical (unpaired) electrons. The molecule has 110 valence electrons. The zero-order valence-electron chi connectivity index (χ0n) is 12.0. The molecule has 5 nitrogen and oxygen atoms in total. The van der Waals surface area contributed by atoms with E-state index in [-0.39, 0.29) is 17.6 Å². The molecule has 0 atom stereocenters. The summed E-state index contributed by atoms with van der Waals surface area (Å²) >= 11 is 0. The number of amides is 1. The van der Waals surface area contributed by atoms with Crippen LogP contribution in [-0.4, -0.2) is 26.6 Å². The summed E-state index contributed by atoms with van der Waals surface area (Å²) in [6.45, 7) is 5.93. The number of hydrogen-bond donors (Lipinski definition) is 1. The molecule has 0 spiro atoms. The normalized spacial score (nSPS) is 14.5. The lowest BCUT2D eigenvalue weighted by atomic mass is 10.1. The van der Waals surface area contributed by atoms with E-state index in [4.69, 9.17) is 0 Å². The number of carbonyl (C=O) groups is 1. The van der Waals surface area contributed by atoms with Gasteiger partial charge in [0.1, 0.15) is 0 Å². The van der Waals surface area contributed by atoms with Crippen molar-refractivity contribution in [2.24, 2.45) is 5.92 Å². The van der Waals surface area contributed by atoms with Gasteiger partial charge < -0.3 is 4.90 Å². The first-order valence-electron chi connectivity index (χ1n) is 6.70. The summed E-state index contributed by atoms with van der Waals surface area (Å²) < 4.78 is 26.4. The van der Waals surface area contributed by atoms with Crippen LogP contribution in [0.5, 0.6) is 0 Å². The lowest BCUT2D eigenvalue weighted by Crippen LogP contribution is -2.25. The fourth-order valence-electron chi connectivity index (χ4n) is 2.45. The van der Waals surface area contributed by atoms with Crippen LogP contribution in [0.3, 0.4) is 0 Å². The van der Waals surface area contributed by atoms with Gasteiger partial charge in [-0.25, -0.2) is 8.42 Å². The summed E-state index contributed by atoms with van der Waals surface area (Å²) in [5.41, 5.74) is 2.45. The number of sulfonamides is 1. The molecule has 1 aliphatic heterocycles. The van der Waals surface area contributed by atoms with Gasteiger partial charge >= 0.3 is 0 Å². The van der Waals surface area contributed by atoms with Gasteiger partial charge in [0.2, 0.25) is 15.9 Å². The lowest BCUT2D eigenvalue weighted by molar-refractivity contribution is -0.116. The van der Waals surface area contributed by atoms with Crippen LogP contribution in [0.15, 0.2) is 18.2 Å². The Hall–Kier alpha value is -1.56. The summed E-state index contributed by atoms with van der Waals surface area (Å²) in [7, 11) is -3.31. The van der Waals surface area contributed by atoms with Crippen LogP contribution in [0.1, 0.15) is 26.3 Å². The van der Waals surface area contributed by atoms with Crippen LogP contribution in [0, 0.1) is 5.92 Å². The Morgan fingerprint density at radius 3 is 2.70 bits per heavy atom. The van der Waals surface area contributed by atoms with Crippen LogP contribution >= 0.6 is 0 Å². The van der Waals surface area contributed by atoms with Gasteiger partial charge in [0.25, 0.3) is 0 Å². The molecule has 20 heavy (non-hydrogen) atoms. The number of nitrogens with one attached hydrogen (secondary N) is 1. The number of carbonyl (C=O) groups excluding carboxylic acids is 1. The third kappa shape index (κ3) is 3.30. The quantitative estimate of drug-likeness (QED) is 0.924. The first kappa shape index (κ1) is 14.8. The standard InChI is InChI=1S/C14H20N2O3S/c1-10(2)9-20(18,19)15-13-4-5-14-12(8-13)6-7-16(14)11(3)17/h4-5,8,10,15H,6-7,9H2,1-3H3. The van der Waals surface area contributed by atoms with Crippen LogP contribution < -0.4 is 9.62 Å². The third-order valence-corrected chi connectivity index (χ3v) is 4.83. The van der Waals surface area contributed by atoms with Gasteiger partial charge in [0.05, 0.1) is 5.75 Å². The number of anilines is 2. The molecular formula is C14H20N2O3S. The number of nitrogens with zero attached hydrogens (tertiary/aromatic N) is 1. The van der Waals surface area contributed by atoms with Crippen molar-refractivity contribution in [3.05, 3.63) is 23.8 Å². The van der Waals surface area contributed by atoms with Crippen molar-refractivity contribution < 1.29 is 13.2 Å². The maximum atomic E-state index is 11.9. The minimum Gasteiger partial charge on any atom is -0.312 e. The SMILES string of the molecule is CC(=O)N1CCc2cc(NS(=O)(=O)CC(C)C)ccc21. The van der Waals surface area contributed by atoms with Crippen LogP contribution in [-0.2, 0) is 21.2 Å². The highest BCUT2D eigenvalue weighted by molar-refractivity contribution is 7.92. The highest BCUT2D eigenvalue weighted by Gasteiger charge is 2.23. The van der Waals surface area contributed by atoms with E-state index in [0.29, 0.717) is 12.2 Å². The van der Waals surface area contributed by atoms with E-state index in [1.807, 2.05) is 19.9 Å². The van der Waals surface area contributed by atoms with Crippen LogP contribution in [0.25, 0.3) is 0 Å². The predicted octanol–water partition coefficient (Wildman–Crippen LogP) is 1.99. The first-order valence-corrected chi connectivity index (χ1v) is 8.35. The Kier molecular flexibility index (Phi) is 4.04. The van der Waals surface area contributed by atoms with Crippen molar-refractivity contribution in [1.82, 2.24) is 0 Å². The molecule has 1 N–H and O–H groups in total. The van der Waals surface area contributed by atoms with Crippen molar-refractivity contribution >= 4 is 27.3 Å². The van der Waals surface area contributed by atoms with Gasteiger partial charge in [-0.05, 0) is 36.1 Å². The average molecular weight is 296 g/mol. The Labute approximate surface area is 120 Å². The predicted molar refractivity (Wildman–Crippen MR) is 80.4 cm³/mol. The van der Waals surface area contributed by atoms with E-state index in [1.165, 1.54) is 6.92 Å². The Morgan fingerprint density at radius 2 is 2.10 bits per heavy atom. The van der Waals surface area contributed by atoms with Crippen LogP contribution in [0.2, 0.25) is 0 Å². The third-order valence-electron chi connectivity index (χ3n) is 3.18. The van der Waals surface area contributed by atoms with Gasteiger partial charge in [-0.15, -0.1) is 0 Å². The second-order valence-electron chi connectivity index (χ2n) is 5.54. The van der Waals surface area contributed by atoms with Crippen molar-refractivity contribution in [1.29, 1.82) is 0 Å². The smallest absolute Gasteiger partial charge is 0.232 e. The fraction of sp³-hybridized carbons (Fsp3) is 0.500. The van der Waals surface area contributed by atoms with E-state index in [9.17, 15) is 13.2 Å². The highest BCUT2D eigenvalue weighted by Crippen LogP contribution is 2.30. The molecule has 0 aliphatic carbocycles.